The number of aliphatic carboxylic acids is 1. The molecule has 3 nitrogen and oxygen atoms in total. The third kappa shape index (κ3) is 3.76. The predicted molar refractivity (Wildman–Crippen MR) is 66.3 cm³/mol. The van der Waals surface area contributed by atoms with E-state index in [1.54, 1.807) is 13.8 Å². The fourth-order valence-electron chi connectivity index (χ4n) is 1.58. The van der Waals surface area contributed by atoms with Gasteiger partial charge in [-0.2, -0.15) is 13.2 Å². The smallest absolute Gasteiger partial charge is 0.418 e. The average Bonchev–Trinajstić information content (AvgIpc) is 2.24. The van der Waals surface area contributed by atoms with Crippen LogP contribution in [0.3, 0.4) is 0 Å². The molecule has 0 aliphatic carbocycles. The molecule has 0 radical (unpaired) electrons. The zero-order valence-corrected chi connectivity index (χ0v) is 11.0. The van der Waals surface area contributed by atoms with Gasteiger partial charge in [0.1, 0.15) is 6.04 Å². The highest BCUT2D eigenvalue weighted by molar-refractivity contribution is 6.33. The first kappa shape index (κ1) is 15.6. The number of anilines is 1. The first-order valence-corrected chi connectivity index (χ1v) is 5.87. The molecule has 0 aromatic heterocycles. The predicted octanol–water partition coefficient (Wildman–Crippen LogP) is 3.88. The summed E-state index contributed by atoms with van der Waals surface area (Å²) >= 11 is 5.73. The quantitative estimate of drug-likeness (QED) is 0.886. The van der Waals surface area contributed by atoms with Crippen LogP contribution in [0.2, 0.25) is 5.02 Å². The van der Waals surface area contributed by atoms with Crippen molar-refractivity contribution in [1.82, 2.24) is 0 Å². The topological polar surface area (TPSA) is 49.3 Å². The molecule has 0 heterocycles. The van der Waals surface area contributed by atoms with E-state index in [0.29, 0.717) is 0 Å². The van der Waals surface area contributed by atoms with Crippen LogP contribution in [0.4, 0.5) is 18.9 Å². The van der Waals surface area contributed by atoms with Crippen molar-refractivity contribution < 1.29 is 23.1 Å². The molecule has 1 rings (SSSR count). The van der Waals surface area contributed by atoms with E-state index >= 15 is 0 Å². The summed E-state index contributed by atoms with van der Waals surface area (Å²) in [7, 11) is 0. The lowest BCUT2D eigenvalue weighted by Crippen LogP contribution is -2.35. The number of nitrogens with one attached hydrogen (secondary N) is 1. The van der Waals surface area contributed by atoms with Gasteiger partial charge in [0, 0.05) is 0 Å². The molecule has 1 atom stereocenters. The van der Waals surface area contributed by atoms with Crippen LogP contribution in [0.5, 0.6) is 0 Å². The SMILES string of the molecule is CC(C)C(Nc1c(Cl)cccc1C(F)(F)F)C(=O)O. The summed E-state index contributed by atoms with van der Waals surface area (Å²) < 4.78 is 38.5. The van der Waals surface area contributed by atoms with Gasteiger partial charge in [0.15, 0.2) is 0 Å². The minimum absolute atomic E-state index is 0.165. The van der Waals surface area contributed by atoms with Crippen molar-refractivity contribution in [2.24, 2.45) is 5.92 Å². The van der Waals surface area contributed by atoms with Gasteiger partial charge in [-0.15, -0.1) is 0 Å². The van der Waals surface area contributed by atoms with Crippen molar-refractivity contribution in [2.45, 2.75) is 26.1 Å². The average molecular weight is 296 g/mol. The Bertz CT molecular complexity index is 475. The molecule has 1 unspecified atom stereocenters. The number of carbonyl (C=O) groups is 1. The lowest BCUT2D eigenvalue weighted by Gasteiger charge is -2.22. The molecule has 0 spiro atoms. The number of carboxylic acids is 1. The molecule has 2 N–H and O–H groups in total. The van der Waals surface area contributed by atoms with Crippen LogP contribution in [-0.2, 0) is 11.0 Å². The molecule has 0 amide bonds. The lowest BCUT2D eigenvalue weighted by atomic mass is 10.0. The monoisotopic (exact) mass is 295 g/mol. The Morgan fingerprint density at radius 1 is 1.37 bits per heavy atom. The van der Waals surface area contributed by atoms with Crippen LogP contribution in [0.25, 0.3) is 0 Å². The Hall–Kier alpha value is -1.43. The Kier molecular flexibility index (Phi) is 4.68. The highest BCUT2D eigenvalue weighted by Gasteiger charge is 2.35. The fourth-order valence-corrected chi connectivity index (χ4v) is 1.81. The maximum Gasteiger partial charge on any atom is 0.418 e. The third-order valence-corrected chi connectivity index (χ3v) is 2.87. The van der Waals surface area contributed by atoms with E-state index in [2.05, 4.69) is 5.32 Å². The van der Waals surface area contributed by atoms with E-state index in [-0.39, 0.29) is 5.02 Å². The van der Waals surface area contributed by atoms with Gasteiger partial charge in [0.05, 0.1) is 16.3 Å². The van der Waals surface area contributed by atoms with Gasteiger partial charge in [-0.05, 0) is 18.1 Å². The Morgan fingerprint density at radius 3 is 2.37 bits per heavy atom. The first-order valence-electron chi connectivity index (χ1n) is 5.49. The molecule has 0 bridgehead atoms. The molecule has 106 valence electrons. The highest BCUT2D eigenvalue weighted by Crippen LogP contribution is 2.39. The van der Waals surface area contributed by atoms with Crippen molar-refractivity contribution in [2.75, 3.05) is 5.32 Å². The summed E-state index contributed by atoms with van der Waals surface area (Å²) in [6.07, 6.45) is -4.60. The zero-order valence-electron chi connectivity index (χ0n) is 10.3. The van der Waals surface area contributed by atoms with Crippen molar-refractivity contribution in [3.05, 3.63) is 28.8 Å². The van der Waals surface area contributed by atoms with Crippen LogP contribution < -0.4 is 5.32 Å². The maximum absolute atomic E-state index is 12.8. The number of hydrogen-bond donors (Lipinski definition) is 2. The second kappa shape index (κ2) is 5.69. The lowest BCUT2D eigenvalue weighted by molar-refractivity contribution is -0.140. The molecule has 0 aliphatic heterocycles. The van der Waals surface area contributed by atoms with E-state index in [4.69, 9.17) is 16.7 Å². The van der Waals surface area contributed by atoms with Crippen molar-refractivity contribution in [1.29, 1.82) is 0 Å². The fraction of sp³-hybridized carbons (Fsp3) is 0.417. The Balaban J connectivity index is 3.23. The minimum atomic E-state index is -4.60. The normalized spacial score (nSPS) is 13.4. The van der Waals surface area contributed by atoms with Crippen LogP contribution in [0.15, 0.2) is 18.2 Å². The summed E-state index contributed by atoms with van der Waals surface area (Å²) in [6, 6.07) is 2.15. The van der Waals surface area contributed by atoms with Gasteiger partial charge in [-0.25, -0.2) is 4.79 Å². The molecule has 0 fully saturated rings. The van der Waals surface area contributed by atoms with Crippen LogP contribution in [-0.4, -0.2) is 17.1 Å². The first-order chi connectivity index (χ1) is 8.64. The summed E-state index contributed by atoms with van der Waals surface area (Å²) in [4.78, 5) is 11.0. The molecule has 19 heavy (non-hydrogen) atoms. The summed E-state index contributed by atoms with van der Waals surface area (Å²) in [5.41, 5.74) is -1.38. The standard InChI is InChI=1S/C12H13ClF3NO2/c1-6(2)9(11(18)19)17-10-7(12(14,15)16)4-3-5-8(10)13/h3-6,9,17H,1-2H3,(H,18,19). The summed E-state index contributed by atoms with van der Waals surface area (Å²) in [5.74, 6) is -1.63. The number of carboxylic acid groups (broad SMARTS) is 1. The van der Waals surface area contributed by atoms with Gasteiger partial charge in [-0.3, -0.25) is 0 Å². The second-order valence-electron chi connectivity index (χ2n) is 4.36. The molecule has 0 saturated carbocycles. The van der Waals surface area contributed by atoms with Crippen molar-refractivity contribution in [3.63, 3.8) is 0 Å². The number of benzene rings is 1. The van der Waals surface area contributed by atoms with Gasteiger partial charge in [0.2, 0.25) is 0 Å². The molecule has 1 aromatic carbocycles. The van der Waals surface area contributed by atoms with E-state index in [1.165, 1.54) is 12.1 Å². The van der Waals surface area contributed by atoms with Crippen molar-refractivity contribution in [3.8, 4) is 0 Å². The number of halogens is 4. The number of rotatable bonds is 4. The maximum atomic E-state index is 12.8. The zero-order chi connectivity index (χ0) is 14.8. The molecule has 0 aliphatic rings. The van der Waals surface area contributed by atoms with Gasteiger partial charge in [-0.1, -0.05) is 31.5 Å². The summed E-state index contributed by atoms with van der Waals surface area (Å²) in [5, 5.41) is 11.2. The number of hydrogen-bond acceptors (Lipinski definition) is 2. The molecular weight excluding hydrogens is 283 g/mol. The second-order valence-corrected chi connectivity index (χ2v) is 4.77. The van der Waals surface area contributed by atoms with E-state index in [1.807, 2.05) is 0 Å². The highest BCUT2D eigenvalue weighted by atomic mass is 35.5. The van der Waals surface area contributed by atoms with Crippen LogP contribution in [0.1, 0.15) is 19.4 Å². The van der Waals surface area contributed by atoms with Crippen LogP contribution in [0, 0.1) is 5.92 Å². The van der Waals surface area contributed by atoms with Gasteiger partial charge < -0.3 is 10.4 Å². The van der Waals surface area contributed by atoms with E-state index in [0.717, 1.165) is 6.07 Å². The van der Waals surface area contributed by atoms with Gasteiger partial charge >= 0.3 is 12.1 Å². The van der Waals surface area contributed by atoms with Crippen molar-refractivity contribution >= 4 is 23.3 Å². The minimum Gasteiger partial charge on any atom is -0.480 e. The third-order valence-electron chi connectivity index (χ3n) is 2.55. The summed E-state index contributed by atoms with van der Waals surface area (Å²) in [6.45, 7) is 3.19. The molecule has 7 heteroatoms. The molecule has 1 aromatic rings. The van der Waals surface area contributed by atoms with Gasteiger partial charge in [0.25, 0.3) is 0 Å². The largest absolute Gasteiger partial charge is 0.480 e. The number of alkyl halides is 3. The molecule has 0 saturated heterocycles. The number of para-hydroxylation sites is 1. The Morgan fingerprint density at radius 2 is 1.95 bits per heavy atom. The van der Waals surface area contributed by atoms with E-state index < -0.39 is 35.4 Å². The van der Waals surface area contributed by atoms with Crippen LogP contribution >= 0.6 is 11.6 Å². The Labute approximate surface area is 113 Å². The van der Waals surface area contributed by atoms with E-state index in [9.17, 15) is 18.0 Å². The molecular formula is C12H13ClF3NO2.